The van der Waals surface area contributed by atoms with Crippen molar-refractivity contribution in [1.29, 1.82) is 0 Å². The van der Waals surface area contributed by atoms with Gasteiger partial charge in [0.05, 0.1) is 10.8 Å². The molecule has 0 radical (unpaired) electrons. The van der Waals surface area contributed by atoms with E-state index in [-0.39, 0.29) is 0 Å². The number of rotatable bonds is 2. The quantitative estimate of drug-likeness (QED) is 0.169. The van der Waals surface area contributed by atoms with Gasteiger partial charge in [0.25, 0.3) is 0 Å². The second kappa shape index (κ2) is 12.7. The van der Waals surface area contributed by atoms with Crippen LogP contribution in [0.2, 0.25) is 0 Å². The number of benzene rings is 11. The fourth-order valence-electron chi connectivity index (χ4n) is 12.9. The summed E-state index contributed by atoms with van der Waals surface area (Å²) in [5, 5.41) is 4.88. The summed E-state index contributed by atoms with van der Waals surface area (Å²) in [4.78, 5) is 0. The number of hydrogen-bond donors (Lipinski definition) is 0. The van der Waals surface area contributed by atoms with E-state index in [4.69, 9.17) is 4.74 Å². The lowest BCUT2D eigenvalue weighted by molar-refractivity contribution is 0.442. The molecular formula is C64H38O. The van der Waals surface area contributed by atoms with Gasteiger partial charge in [-0.25, -0.2) is 0 Å². The first-order valence-electron chi connectivity index (χ1n) is 22.8. The zero-order chi connectivity index (χ0) is 42.4. The van der Waals surface area contributed by atoms with Gasteiger partial charge in [-0.15, -0.1) is 0 Å². The first-order chi connectivity index (χ1) is 32.3. The molecule has 0 saturated heterocycles. The minimum atomic E-state index is -0.549. The Bertz CT molecular complexity index is 3820. The molecule has 0 amide bonds. The Morgan fingerprint density at radius 1 is 0.277 bits per heavy atom. The molecule has 65 heavy (non-hydrogen) atoms. The van der Waals surface area contributed by atoms with Gasteiger partial charge < -0.3 is 4.74 Å². The molecule has 1 unspecified atom stereocenters. The van der Waals surface area contributed by atoms with Crippen LogP contribution in [0.5, 0.6) is 11.5 Å². The number of para-hydroxylation sites is 1. The highest BCUT2D eigenvalue weighted by Gasteiger charge is 2.54. The summed E-state index contributed by atoms with van der Waals surface area (Å²) in [6, 6.07) is 86.1. The van der Waals surface area contributed by atoms with Crippen LogP contribution in [0.3, 0.4) is 0 Å². The topological polar surface area (TPSA) is 9.23 Å². The molecule has 0 bridgehead atoms. The van der Waals surface area contributed by atoms with Crippen molar-refractivity contribution >= 4 is 21.5 Å². The second-order valence-corrected chi connectivity index (χ2v) is 18.1. The van der Waals surface area contributed by atoms with Crippen LogP contribution < -0.4 is 4.74 Å². The Morgan fingerprint density at radius 2 is 0.769 bits per heavy atom. The third kappa shape index (κ3) is 4.29. The van der Waals surface area contributed by atoms with Gasteiger partial charge >= 0.3 is 0 Å². The van der Waals surface area contributed by atoms with Crippen LogP contribution in [0, 0.1) is 0 Å². The number of ether oxygens (including phenoxy) is 1. The van der Waals surface area contributed by atoms with Crippen LogP contribution in [-0.2, 0) is 10.8 Å². The van der Waals surface area contributed by atoms with E-state index in [0.717, 1.165) is 16.9 Å². The Morgan fingerprint density at radius 3 is 1.48 bits per heavy atom. The summed E-state index contributed by atoms with van der Waals surface area (Å²) < 4.78 is 7.05. The maximum absolute atomic E-state index is 7.05. The molecule has 1 atom stereocenters. The Kier molecular flexibility index (Phi) is 6.88. The fourth-order valence-corrected chi connectivity index (χ4v) is 12.9. The lowest BCUT2D eigenvalue weighted by atomic mass is 9.65. The summed E-state index contributed by atoms with van der Waals surface area (Å²) in [6.45, 7) is 0. The highest BCUT2D eigenvalue weighted by Crippen LogP contribution is 2.66. The van der Waals surface area contributed by atoms with Gasteiger partial charge in [0, 0.05) is 16.5 Å². The molecule has 1 aliphatic heterocycles. The Labute approximate surface area is 377 Å². The van der Waals surface area contributed by atoms with Crippen molar-refractivity contribution in [1.82, 2.24) is 0 Å². The van der Waals surface area contributed by atoms with Gasteiger partial charge in [-0.05, 0) is 117 Å². The molecule has 4 aliphatic rings. The monoisotopic (exact) mass is 822 g/mol. The summed E-state index contributed by atoms with van der Waals surface area (Å²) in [5.41, 5.74) is 22.1. The van der Waals surface area contributed by atoms with Crippen LogP contribution in [0.25, 0.3) is 77.2 Å². The molecule has 1 heterocycles. The molecule has 0 N–H and O–H groups in total. The molecule has 15 rings (SSSR count). The molecule has 3 aliphatic carbocycles. The molecule has 1 nitrogen and oxygen atoms in total. The van der Waals surface area contributed by atoms with Crippen molar-refractivity contribution in [2.75, 3.05) is 0 Å². The molecule has 2 spiro atoms. The van der Waals surface area contributed by atoms with Crippen LogP contribution in [-0.4, -0.2) is 0 Å². The summed E-state index contributed by atoms with van der Waals surface area (Å²) in [6.07, 6.45) is 0. The summed E-state index contributed by atoms with van der Waals surface area (Å²) in [5.74, 6) is 1.84. The highest BCUT2D eigenvalue weighted by atomic mass is 16.5. The first kappa shape index (κ1) is 35.2. The largest absolute Gasteiger partial charge is 0.456 e. The lowest BCUT2D eigenvalue weighted by Crippen LogP contribution is -2.32. The smallest absolute Gasteiger partial charge is 0.140 e. The first-order valence-corrected chi connectivity index (χ1v) is 22.8. The maximum atomic E-state index is 7.05. The zero-order valence-electron chi connectivity index (χ0n) is 35.3. The second-order valence-electron chi connectivity index (χ2n) is 18.1. The van der Waals surface area contributed by atoms with Gasteiger partial charge in [0.1, 0.15) is 11.5 Å². The molecule has 0 aromatic heterocycles. The van der Waals surface area contributed by atoms with Crippen LogP contribution >= 0.6 is 0 Å². The molecular weight excluding hydrogens is 785 g/mol. The average Bonchev–Trinajstić information content (AvgIpc) is 3.97. The number of hydrogen-bond acceptors (Lipinski definition) is 1. The minimum absolute atomic E-state index is 0.440. The van der Waals surface area contributed by atoms with E-state index in [9.17, 15) is 0 Å². The highest BCUT2D eigenvalue weighted by molar-refractivity contribution is 6.07. The SMILES string of the molecule is c1ccc2c(c1)Oc1c(cc(-c3ccc(-c4cccc5c4-c4ccccc4C54c5ccccc5-c5ccc6ccccc6c54)cc3)c3ccccc13)C21c2ccccc2-c2ccccc21. The summed E-state index contributed by atoms with van der Waals surface area (Å²) in [7, 11) is 0. The van der Waals surface area contributed by atoms with Crippen LogP contribution in [0.1, 0.15) is 44.5 Å². The molecule has 0 saturated carbocycles. The minimum Gasteiger partial charge on any atom is -0.456 e. The molecule has 0 fully saturated rings. The van der Waals surface area contributed by atoms with Crippen LogP contribution in [0.4, 0.5) is 0 Å². The van der Waals surface area contributed by atoms with Crippen molar-refractivity contribution in [2.45, 2.75) is 10.8 Å². The molecule has 1 heteroatoms. The molecule has 11 aromatic rings. The molecule has 11 aromatic carbocycles. The molecule has 300 valence electrons. The zero-order valence-corrected chi connectivity index (χ0v) is 35.3. The van der Waals surface area contributed by atoms with Crippen molar-refractivity contribution in [3.63, 3.8) is 0 Å². The van der Waals surface area contributed by atoms with E-state index < -0.39 is 10.8 Å². The lowest BCUT2D eigenvalue weighted by Gasteiger charge is -2.40. The van der Waals surface area contributed by atoms with Gasteiger partial charge in [0.15, 0.2) is 0 Å². The van der Waals surface area contributed by atoms with Gasteiger partial charge in [-0.1, -0.05) is 218 Å². The van der Waals surface area contributed by atoms with E-state index >= 15 is 0 Å². The van der Waals surface area contributed by atoms with E-state index in [1.54, 1.807) is 0 Å². The standard InChI is InChI=1S/C64H38O/c1-2-17-43-39(16-1)36-37-48-47-21-7-11-27-54(47)64(61(43)48)55-28-12-8-23-50(55)60-42(24-15-30-57(60)64)40-32-34-41(35-33-40)51-38-58-62(49-22-4-3-18-44(49)51)65-59-31-14-13-29-56(59)63(58)52-25-9-5-19-45(52)46-20-6-10-26-53(46)63/h1-38H. The van der Waals surface area contributed by atoms with Crippen LogP contribution in [0.15, 0.2) is 231 Å². The van der Waals surface area contributed by atoms with E-state index in [1.165, 1.54) is 116 Å². The van der Waals surface area contributed by atoms with E-state index in [1.807, 2.05) is 0 Å². The Balaban J connectivity index is 0.947. The van der Waals surface area contributed by atoms with E-state index in [0.29, 0.717) is 0 Å². The van der Waals surface area contributed by atoms with Gasteiger partial charge in [-0.3, -0.25) is 0 Å². The normalized spacial score (nSPS) is 16.0. The predicted molar refractivity (Wildman–Crippen MR) is 266 cm³/mol. The van der Waals surface area contributed by atoms with Crippen molar-refractivity contribution in [3.8, 4) is 67.1 Å². The fraction of sp³-hybridized carbons (Fsp3) is 0.0312. The van der Waals surface area contributed by atoms with Gasteiger partial charge in [-0.2, -0.15) is 0 Å². The van der Waals surface area contributed by atoms with Crippen molar-refractivity contribution < 1.29 is 4.74 Å². The van der Waals surface area contributed by atoms with Gasteiger partial charge in [0.2, 0.25) is 0 Å². The van der Waals surface area contributed by atoms with Crippen molar-refractivity contribution in [3.05, 3.63) is 275 Å². The summed E-state index contributed by atoms with van der Waals surface area (Å²) >= 11 is 0. The third-order valence-electron chi connectivity index (χ3n) is 15.4. The average molecular weight is 823 g/mol. The van der Waals surface area contributed by atoms with Crippen molar-refractivity contribution in [2.24, 2.45) is 0 Å². The number of fused-ring (bicyclic) bond motifs is 23. The predicted octanol–water partition coefficient (Wildman–Crippen LogP) is 16.1. The third-order valence-corrected chi connectivity index (χ3v) is 15.4. The van der Waals surface area contributed by atoms with E-state index in [2.05, 4.69) is 231 Å². The maximum Gasteiger partial charge on any atom is 0.140 e. The Hall–Kier alpha value is -8.26.